The number of hydrogen-bond acceptors (Lipinski definition) is 9. The van der Waals surface area contributed by atoms with Gasteiger partial charge in [-0.25, -0.2) is 4.98 Å². The lowest BCUT2D eigenvalue weighted by molar-refractivity contribution is -0.314. The highest BCUT2D eigenvalue weighted by Gasteiger charge is 2.57. The second kappa shape index (κ2) is 7.23. The van der Waals surface area contributed by atoms with Crippen molar-refractivity contribution in [2.24, 2.45) is 0 Å². The molecule has 2 aromatic heterocycles. The number of aromatic nitrogens is 4. The van der Waals surface area contributed by atoms with Crippen LogP contribution in [0.5, 0.6) is 0 Å². The normalized spacial score (nSPS) is 29.0. The zero-order valence-electron chi connectivity index (χ0n) is 13.3. The van der Waals surface area contributed by atoms with Gasteiger partial charge < -0.3 is 30.5 Å². The maximum atomic E-state index is 11.9. The number of fused-ring (bicyclic) bond motifs is 1. The molecule has 12 heteroatoms. The topological polar surface area (TPSA) is 169 Å². The maximum absolute atomic E-state index is 11.9. The summed E-state index contributed by atoms with van der Waals surface area (Å²) in [6.07, 6.45) is -2.21. The highest BCUT2D eigenvalue weighted by molar-refractivity contribution is 5.85. The Kier molecular flexibility index (Phi) is 5.66. The molecule has 0 radical (unpaired) electrons. The Morgan fingerprint density at radius 2 is 2.24 bits per heavy atom. The molecule has 1 aliphatic heterocycles. The van der Waals surface area contributed by atoms with Crippen molar-refractivity contribution in [3.63, 3.8) is 0 Å². The summed E-state index contributed by atoms with van der Waals surface area (Å²) in [4.78, 5) is 22.2. The van der Waals surface area contributed by atoms with Crippen molar-refractivity contribution in [2.75, 3.05) is 18.9 Å². The number of anilines is 1. The lowest BCUT2D eigenvalue weighted by atomic mass is 10.1. The van der Waals surface area contributed by atoms with E-state index in [0.717, 1.165) is 0 Å². The third-order valence-corrected chi connectivity index (χ3v) is 3.85. The number of aromatic amines is 1. The molecule has 0 aromatic carbocycles. The van der Waals surface area contributed by atoms with Gasteiger partial charge in [0.1, 0.15) is 18.5 Å². The molecule has 0 aliphatic carbocycles. The third kappa shape index (κ3) is 2.99. The van der Waals surface area contributed by atoms with Crippen LogP contribution in [0.1, 0.15) is 13.3 Å². The van der Waals surface area contributed by atoms with Gasteiger partial charge in [-0.2, -0.15) is 4.98 Å². The molecule has 140 valence electrons. The molecule has 2 aromatic rings. The quantitative estimate of drug-likeness (QED) is 0.406. The van der Waals surface area contributed by atoms with Crippen LogP contribution in [0.25, 0.3) is 11.2 Å². The van der Waals surface area contributed by atoms with Gasteiger partial charge in [0.25, 0.3) is 11.5 Å². The van der Waals surface area contributed by atoms with Crippen LogP contribution < -0.4 is 11.3 Å². The van der Waals surface area contributed by atoms with Crippen LogP contribution in [0, 0.1) is 0 Å². The Bertz CT molecular complexity index is 797. The first-order valence-corrected chi connectivity index (χ1v) is 7.46. The van der Waals surface area contributed by atoms with Crippen molar-refractivity contribution in [1.82, 2.24) is 19.5 Å². The Labute approximate surface area is 147 Å². The van der Waals surface area contributed by atoms with Crippen molar-refractivity contribution in [1.29, 1.82) is 0 Å². The first kappa shape index (κ1) is 19.6. The van der Waals surface area contributed by atoms with Crippen molar-refractivity contribution in [3.05, 3.63) is 16.7 Å². The number of nitrogen functional groups attached to an aromatic ring is 1. The number of rotatable bonds is 5. The van der Waals surface area contributed by atoms with E-state index in [-0.39, 0.29) is 36.1 Å². The molecular weight excluding hydrogens is 358 g/mol. The molecule has 0 saturated carbocycles. The van der Waals surface area contributed by atoms with Gasteiger partial charge in [-0.3, -0.25) is 14.3 Å². The standard InChI is InChI=1S/C13H19N5O6.ClH/c1-2-3-23-13(9(21)8(20)6(4-19)24-13)18-5-15-7-10(18)16-12(14)17-11(7)22;/h5-6,8-9,19-21H,2-4H2,1H3,(H3,14,16,17,22);1H/t6-,8-,9-,13-;/m1./s1. The number of halogens is 1. The fourth-order valence-electron chi connectivity index (χ4n) is 2.71. The Balaban J connectivity index is 0.00000225. The van der Waals surface area contributed by atoms with E-state index in [1.54, 1.807) is 0 Å². The van der Waals surface area contributed by atoms with Crippen LogP contribution in [0.15, 0.2) is 11.1 Å². The molecule has 11 nitrogen and oxygen atoms in total. The van der Waals surface area contributed by atoms with Gasteiger partial charge >= 0.3 is 0 Å². The minimum Gasteiger partial charge on any atom is -0.394 e. The molecule has 3 rings (SSSR count). The van der Waals surface area contributed by atoms with E-state index in [1.807, 2.05) is 6.92 Å². The van der Waals surface area contributed by atoms with Crippen molar-refractivity contribution in [2.45, 2.75) is 37.6 Å². The third-order valence-electron chi connectivity index (χ3n) is 3.85. The van der Waals surface area contributed by atoms with Crippen LogP contribution >= 0.6 is 12.4 Å². The number of hydrogen-bond donors (Lipinski definition) is 5. The Morgan fingerprint density at radius 3 is 2.84 bits per heavy atom. The Morgan fingerprint density at radius 1 is 1.52 bits per heavy atom. The van der Waals surface area contributed by atoms with Gasteiger partial charge in [-0.05, 0) is 6.42 Å². The number of nitrogens with two attached hydrogens (primary N) is 1. The average Bonchev–Trinajstić information content (AvgIpc) is 3.08. The zero-order chi connectivity index (χ0) is 17.5. The predicted molar refractivity (Wildman–Crippen MR) is 88.0 cm³/mol. The van der Waals surface area contributed by atoms with Crippen molar-refractivity contribution >= 4 is 29.5 Å². The monoisotopic (exact) mass is 377 g/mol. The number of ether oxygens (including phenoxy) is 2. The lowest BCUT2D eigenvalue weighted by Crippen LogP contribution is -2.48. The highest BCUT2D eigenvalue weighted by atomic mass is 35.5. The first-order valence-electron chi connectivity index (χ1n) is 7.46. The summed E-state index contributed by atoms with van der Waals surface area (Å²) < 4.78 is 12.5. The fraction of sp³-hybridized carbons (Fsp3) is 0.615. The second-order valence-electron chi connectivity index (χ2n) is 5.49. The molecule has 3 heterocycles. The van der Waals surface area contributed by atoms with Gasteiger partial charge in [0, 0.05) is 0 Å². The summed E-state index contributed by atoms with van der Waals surface area (Å²) in [5, 5.41) is 30.0. The number of nitrogens with zero attached hydrogens (tertiary/aromatic N) is 3. The summed E-state index contributed by atoms with van der Waals surface area (Å²) in [5.41, 5.74) is 5.01. The van der Waals surface area contributed by atoms with E-state index in [9.17, 15) is 20.1 Å². The Hall–Kier alpha value is -1.76. The van der Waals surface area contributed by atoms with E-state index in [1.165, 1.54) is 10.9 Å². The summed E-state index contributed by atoms with van der Waals surface area (Å²) in [5.74, 6) is -2.03. The highest BCUT2D eigenvalue weighted by Crippen LogP contribution is 2.38. The molecular formula is C13H20ClN5O6. The van der Waals surface area contributed by atoms with Crippen molar-refractivity contribution < 1.29 is 24.8 Å². The molecule has 0 unspecified atom stereocenters. The molecule has 1 fully saturated rings. The first-order chi connectivity index (χ1) is 11.4. The number of aliphatic hydroxyl groups is 3. The van der Waals surface area contributed by atoms with Crippen molar-refractivity contribution in [3.8, 4) is 0 Å². The smallest absolute Gasteiger partial charge is 0.288 e. The minimum absolute atomic E-state index is 0. The van der Waals surface area contributed by atoms with Gasteiger partial charge in [-0.1, -0.05) is 6.92 Å². The van der Waals surface area contributed by atoms with E-state index < -0.39 is 36.4 Å². The molecule has 6 N–H and O–H groups in total. The molecule has 0 bridgehead atoms. The number of H-pyrrole nitrogens is 1. The molecule has 1 aliphatic rings. The van der Waals surface area contributed by atoms with Crippen LogP contribution in [-0.2, 0) is 15.4 Å². The van der Waals surface area contributed by atoms with Gasteiger partial charge in [0.05, 0.1) is 13.2 Å². The fourth-order valence-corrected chi connectivity index (χ4v) is 2.71. The maximum Gasteiger partial charge on any atom is 0.288 e. The minimum atomic E-state index is -1.88. The van der Waals surface area contributed by atoms with Crippen LogP contribution in [0.2, 0.25) is 0 Å². The number of aliphatic hydroxyl groups excluding tert-OH is 3. The van der Waals surface area contributed by atoms with E-state index in [4.69, 9.17) is 15.2 Å². The van der Waals surface area contributed by atoms with Gasteiger partial charge in [0.2, 0.25) is 5.95 Å². The van der Waals surface area contributed by atoms with Gasteiger partial charge in [-0.15, -0.1) is 12.4 Å². The van der Waals surface area contributed by atoms with Crippen LogP contribution in [-0.4, -0.2) is 66.4 Å². The van der Waals surface area contributed by atoms with E-state index >= 15 is 0 Å². The molecule has 25 heavy (non-hydrogen) atoms. The van der Waals surface area contributed by atoms with Crippen LogP contribution in [0.4, 0.5) is 5.95 Å². The summed E-state index contributed by atoms with van der Waals surface area (Å²) in [6, 6.07) is 0. The predicted octanol–water partition coefficient (Wildman–Crippen LogP) is -1.73. The zero-order valence-corrected chi connectivity index (χ0v) is 14.1. The number of nitrogens with one attached hydrogen (secondary N) is 1. The van der Waals surface area contributed by atoms with Crippen LogP contribution in [0.3, 0.4) is 0 Å². The molecule has 0 amide bonds. The molecule has 0 spiro atoms. The summed E-state index contributed by atoms with van der Waals surface area (Å²) in [7, 11) is 0. The molecule has 4 atom stereocenters. The average molecular weight is 378 g/mol. The summed E-state index contributed by atoms with van der Waals surface area (Å²) >= 11 is 0. The SMILES string of the molecule is CCCO[C@@]1(n2cnc3c(=O)[nH]c(N)nc32)O[C@H](CO)[C@@H](O)[C@H]1O.Cl. The van der Waals surface area contributed by atoms with Gasteiger partial charge in [0.15, 0.2) is 17.3 Å². The van der Waals surface area contributed by atoms with E-state index in [2.05, 4.69) is 15.0 Å². The second-order valence-corrected chi connectivity index (χ2v) is 5.49. The van der Waals surface area contributed by atoms with E-state index in [0.29, 0.717) is 6.42 Å². The largest absolute Gasteiger partial charge is 0.394 e. The lowest BCUT2D eigenvalue weighted by Gasteiger charge is -2.33. The number of imidazole rings is 1. The summed E-state index contributed by atoms with van der Waals surface area (Å²) in [6.45, 7) is 1.50. The molecule has 1 saturated heterocycles.